The van der Waals surface area contributed by atoms with Crippen LogP contribution in [-0.2, 0) is 4.79 Å². The molecule has 4 aromatic carbocycles. The van der Waals surface area contributed by atoms with Gasteiger partial charge in [-0.05, 0) is 58.1 Å². The van der Waals surface area contributed by atoms with Gasteiger partial charge in [0.25, 0.3) is 0 Å². The molecule has 0 spiro atoms. The molecule has 1 amide bonds. The minimum atomic E-state index is 0.169. The highest BCUT2D eigenvalue weighted by Gasteiger charge is 2.35. The molecule has 1 aliphatic heterocycles. The predicted molar refractivity (Wildman–Crippen MR) is 158 cm³/mol. The number of hydrogen-bond acceptors (Lipinski definition) is 3. The zero-order valence-electron chi connectivity index (χ0n) is 21.3. The van der Waals surface area contributed by atoms with Gasteiger partial charge < -0.3 is 5.73 Å². The highest BCUT2D eigenvalue weighted by atomic mass is 32.2. The summed E-state index contributed by atoms with van der Waals surface area (Å²) >= 11 is 1.91. The largest absolute Gasteiger partial charge is 0.330 e. The average molecular weight is 499 g/mol. The molecule has 1 unspecified atom stereocenters. The second kappa shape index (κ2) is 11.7. The van der Waals surface area contributed by atoms with Gasteiger partial charge in [0.1, 0.15) is 0 Å². The Morgan fingerprint density at radius 3 is 2.06 bits per heavy atom. The Labute approximate surface area is 219 Å². The first-order valence-electron chi connectivity index (χ1n) is 13.7. The van der Waals surface area contributed by atoms with Crippen LogP contribution in [0.4, 0.5) is 5.69 Å². The van der Waals surface area contributed by atoms with E-state index in [9.17, 15) is 4.79 Å². The molecule has 0 aromatic heterocycles. The molecule has 1 saturated heterocycles. The van der Waals surface area contributed by atoms with Crippen molar-refractivity contribution in [3.05, 3.63) is 66.9 Å². The Morgan fingerprint density at radius 2 is 1.36 bits per heavy atom. The van der Waals surface area contributed by atoms with Gasteiger partial charge in [-0.2, -0.15) is 11.8 Å². The van der Waals surface area contributed by atoms with E-state index in [0.29, 0.717) is 6.42 Å². The van der Waals surface area contributed by atoms with Gasteiger partial charge in [-0.25, -0.2) is 0 Å². The normalized spacial score (nSPS) is 16.4. The summed E-state index contributed by atoms with van der Waals surface area (Å²) in [5.74, 6) is 1.27. The van der Waals surface area contributed by atoms with Crippen LogP contribution in [0.15, 0.2) is 66.9 Å². The number of hydrogen-bond donors (Lipinski definition) is 1. The summed E-state index contributed by atoms with van der Waals surface area (Å²) in [4.78, 5) is 15.1. The molecular weight excluding hydrogens is 460 g/mol. The minimum absolute atomic E-state index is 0.169. The van der Waals surface area contributed by atoms with Gasteiger partial charge >= 0.3 is 0 Å². The maximum atomic E-state index is 13.2. The smallest absolute Gasteiger partial charge is 0.232 e. The molecule has 188 valence electrons. The van der Waals surface area contributed by atoms with E-state index in [-0.39, 0.29) is 11.2 Å². The Balaban J connectivity index is 1.19. The van der Waals surface area contributed by atoms with Gasteiger partial charge in [-0.15, -0.1) is 0 Å². The lowest BCUT2D eigenvalue weighted by Crippen LogP contribution is -2.22. The van der Waals surface area contributed by atoms with Crippen LogP contribution in [0.3, 0.4) is 0 Å². The van der Waals surface area contributed by atoms with Crippen molar-refractivity contribution in [3.8, 4) is 0 Å². The van der Waals surface area contributed by atoms with Crippen molar-refractivity contribution in [2.24, 2.45) is 5.73 Å². The van der Waals surface area contributed by atoms with Gasteiger partial charge in [0, 0.05) is 17.5 Å². The first-order chi connectivity index (χ1) is 17.7. The second-order valence-electron chi connectivity index (χ2n) is 10.2. The summed E-state index contributed by atoms with van der Waals surface area (Å²) in [7, 11) is 0. The molecular formula is C32H38N2OS. The van der Waals surface area contributed by atoms with E-state index in [4.69, 9.17) is 5.73 Å². The fraction of sp³-hybridized carbons (Fsp3) is 0.406. The molecule has 1 atom stereocenters. The standard InChI is InChI=1S/C32H38N2OS/c1-23-29(36-21-10-8-6-4-2-3-5-7-9-20-33)22-30(35)34(23)28-19-17-26-15-14-24-12-11-13-25-16-18-27(28)32(26)31(24)25/h11-19,29H,1-10,20-22,33H2. The molecule has 1 fully saturated rings. The Hall–Kier alpha value is -2.56. The molecule has 1 aliphatic rings. The Kier molecular flexibility index (Phi) is 8.13. The summed E-state index contributed by atoms with van der Waals surface area (Å²) < 4.78 is 0. The van der Waals surface area contributed by atoms with E-state index in [1.165, 1.54) is 84.7 Å². The van der Waals surface area contributed by atoms with Crippen LogP contribution in [0.25, 0.3) is 32.3 Å². The fourth-order valence-corrected chi connectivity index (χ4v) is 6.95. The number of rotatable bonds is 13. The molecule has 4 aromatic rings. The zero-order chi connectivity index (χ0) is 24.9. The van der Waals surface area contributed by atoms with Gasteiger partial charge in [0.05, 0.1) is 10.9 Å². The van der Waals surface area contributed by atoms with Crippen LogP contribution in [0.1, 0.15) is 64.2 Å². The first kappa shape index (κ1) is 25.1. The van der Waals surface area contributed by atoms with E-state index in [0.717, 1.165) is 29.1 Å². The molecule has 4 heteroatoms. The summed E-state index contributed by atoms with van der Waals surface area (Å²) in [5.41, 5.74) is 7.48. The lowest BCUT2D eigenvalue weighted by Gasteiger charge is -2.23. The van der Waals surface area contributed by atoms with Crippen LogP contribution >= 0.6 is 11.8 Å². The SMILES string of the molecule is C=C1C(SCCCCCCCCCCCN)CC(=O)N1c1ccc2ccc3cccc4ccc1c2c34. The predicted octanol–water partition coefficient (Wildman–Crippen LogP) is 8.41. The van der Waals surface area contributed by atoms with E-state index in [1.54, 1.807) is 0 Å². The average Bonchev–Trinajstić information content (AvgIpc) is 3.18. The highest BCUT2D eigenvalue weighted by Crippen LogP contribution is 2.43. The fourth-order valence-electron chi connectivity index (χ4n) is 5.74. The van der Waals surface area contributed by atoms with Crippen LogP contribution in [0.2, 0.25) is 0 Å². The maximum absolute atomic E-state index is 13.2. The Bertz CT molecular complexity index is 1330. The van der Waals surface area contributed by atoms with Gasteiger partial charge in [-0.1, -0.05) is 100 Å². The van der Waals surface area contributed by atoms with Crippen molar-refractivity contribution in [1.82, 2.24) is 0 Å². The molecule has 1 heterocycles. The van der Waals surface area contributed by atoms with Crippen LogP contribution in [0.5, 0.6) is 0 Å². The molecule has 0 radical (unpaired) electrons. The third-order valence-electron chi connectivity index (χ3n) is 7.68. The molecule has 3 nitrogen and oxygen atoms in total. The van der Waals surface area contributed by atoms with E-state index >= 15 is 0 Å². The maximum Gasteiger partial charge on any atom is 0.232 e. The van der Waals surface area contributed by atoms with Crippen LogP contribution in [-0.4, -0.2) is 23.5 Å². The quantitative estimate of drug-likeness (QED) is 0.149. The number of thioether (sulfide) groups is 1. The van der Waals surface area contributed by atoms with Gasteiger partial charge in [0.2, 0.25) is 5.91 Å². The third kappa shape index (κ3) is 5.12. The summed E-state index contributed by atoms with van der Waals surface area (Å²) in [6, 6.07) is 19.5. The highest BCUT2D eigenvalue weighted by molar-refractivity contribution is 8.00. The van der Waals surface area contributed by atoms with Gasteiger partial charge in [-0.3, -0.25) is 9.69 Å². The third-order valence-corrected chi connectivity index (χ3v) is 9.05. The number of anilines is 1. The van der Waals surface area contributed by atoms with Crippen LogP contribution < -0.4 is 10.6 Å². The number of carbonyl (C=O) groups is 1. The van der Waals surface area contributed by atoms with Crippen molar-refractivity contribution in [1.29, 1.82) is 0 Å². The first-order valence-corrected chi connectivity index (χ1v) is 14.7. The van der Waals surface area contributed by atoms with Crippen molar-refractivity contribution in [2.75, 3.05) is 17.2 Å². The van der Waals surface area contributed by atoms with Crippen molar-refractivity contribution < 1.29 is 4.79 Å². The molecule has 2 N–H and O–H groups in total. The number of nitrogens with two attached hydrogens (primary N) is 1. The number of carbonyl (C=O) groups excluding carboxylic acids is 1. The lowest BCUT2D eigenvalue weighted by molar-refractivity contribution is -0.116. The zero-order valence-corrected chi connectivity index (χ0v) is 22.1. The number of unbranched alkanes of at least 4 members (excludes halogenated alkanes) is 8. The monoisotopic (exact) mass is 498 g/mol. The summed E-state index contributed by atoms with van der Waals surface area (Å²) in [5, 5.41) is 7.56. The minimum Gasteiger partial charge on any atom is -0.330 e. The topological polar surface area (TPSA) is 46.3 Å². The van der Waals surface area contributed by atoms with Crippen molar-refractivity contribution in [2.45, 2.75) is 69.5 Å². The number of benzene rings is 4. The molecule has 5 rings (SSSR count). The van der Waals surface area contributed by atoms with E-state index in [2.05, 4.69) is 61.2 Å². The van der Waals surface area contributed by atoms with E-state index in [1.807, 2.05) is 16.7 Å². The van der Waals surface area contributed by atoms with Crippen LogP contribution in [0, 0.1) is 0 Å². The summed E-state index contributed by atoms with van der Waals surface area (Å²) in [6.07, 6.45) is 12.2. The molecule has 0 saturated carbocycles. The second-order valence-corrected chi connectivity index (χ2v) is 11.5. The summed E-state index contributed by atoms with van der Waals surface area (Å²) in [6.45, 7) is 5.23. The Morgan fingerprint density at radius 1 is 0.778 bits per heavy atom. The van der Waals surface area contributed by atoms with Crippen molar-refractivity contribution >= 4 is 55.7 Å². The molecule has 36 heavy (non-hydrogen) atoms. The molecule has 0 bridgehead atoms. The molecule has 0 aliphatic carbocycles. The number of amides is 1. The number of nitrogens with zero attached hydrogens (tertiary/aromatic N) is 1. The van der Waals surface area contributed by atoms with Gasteiger partial charge in [0.15, 0.2) is 0 Å². The van der Waals surface area contributed by atoms with E-state index < -0.39 is 0 Å². The lowest BCUT2D eigenvalue weighted by atomic mass is 9.93. The van der Waals surface area contributed by atoms with Crippen molar-refractivity contribution in [3.63, 3.8) is 0 Å².